The molecule has 0 bridgehead atoms. The minimum Gasteiger partial charge on any atom is -0.483 e. The van der Waals surface area contributed by atoms with Crippen LogP contribution in [0.25, 0.3) is 5.57 Å². The fourth-order valence-electron chi connectivity index (χ4n) is 2.12. The van der Waals surface area contributed by atoms with Gasteiger partial charge in [-0.2, -0.15) is 0 Å². The van der Waals surface area contributed by atoms with Gasteiger partial charge in [-0.3, -0.25) is 4.79 Å². The van der Waals surface area contributed by atoms with Gasteiger partial charge in [-0.1, -0.05) is 18.2 Å². The number of allylic oxidation sites excluding steroid dienone is 1. The zero-order chi connectivity index (χ0) is 12.0. The lowest BCUT2D eigenvalue weighted by Crippen LogP contribution is -2.16. The van der Waals surface area contributed by atoms with Crippen LogP contribution in [0.3, 0.4) is 0 Å². The minimum absolute atomic E-state index is 0.0939. The van der Waals surface area contributed by atoms with Crippen molar-refractivity contribution in [2.24, 2.45) is 0 Å². The molecule has 1 amide bonds. The van der Waals surface area contributed by atoms with Gasteiger partial charge in [-0.25, -0.2) is 0 Å². The monoisotopic (exact) mass is 227 g/mol. The fraction of sp³-hybridized carbons (Fsp3) is 0.214. The number of carbonyl (C=O) groups excluding carboxylic acids is 1. The second kappa shape index (κ2) is 3.23. The minimum atomic E-state index is -0.333. The van der Waals surface area contributed by atoms with Gasteiger partial charge in [0.2, 0.25) is 0 Å². The summed E-state index contributed by atoms with van der Waals surface area (Å²) < 4.78 is 5.77. The first-order valence-electron chi connectivity index (χ1n) is 5.60. The molecule has 3 heteroatoms. The van der Waals surface area contributed by atoms with Crippen molar-refractivity contribution in [2.45, 2.75) is 19.4 Å². The Bertz CT molecular complexity index is 567. The molecule has 0 aliphatic carbocycles. The number of rotatable bonds is 0. The number of hydrogen-bond donors (Lipinski definition) is 1. The van der Waals surface area contributed by atoms with E-state index >= 15 is 0 Å². The standard InChI is InChI=1S/C14H13NO2/c1-14(2)8-7-11(17-14)12-9-5-3-4-6-10(9)15-13(12)16/h3-8H,1-2H3,(H,15,16). The predicted octanol–water partition coefficient (Wildman–Crippen LogP) is 2.71. The lowest BCUT2D eigenvalue weighted by atomic mass is 10.1. The van der Waals surface area contributed by atoms with Crippen molar-refractivity contribution in [3.63, 3.8) is 0 Å². The Hall–Kier alpha value is -2.03. The molecule has 0 saturated carbocycles. The third kappa shape index (κ3) is 1.55. The van der Waals surface area contributed by atoms with Gasteiger partial charge in [0.05, 0.1) is 5.57 Å². The lowest BCUT2D eigenvalue weighted by Gasteiger charge is -2.17. The Labute approximate surface area is 99.8 Å². The van der Waals surface area contributed by atoms with E-state index in [0.717, 1.165) is 11.3 Å². The van der Waals surface area contributed by atoms with Crippen LogP contribution in [-0.2, 0) is 9.53 Å². The van der Waals surface area contributed by atoms with Crippen molar-refractivity contribution >= 4 is 17.2 Å². The second-order valence-electron chi connectivity index (χ2n) is 4.78. The van der Waals surface area contributed by atoms with Crippen molar-refractivity contribution in [3.05, 3.63) is 47.7 Å². The average molecular weight is 227 g/mol. The summed E-state index contributed by atoms with van der Waals surface area (Å²) in [7, 11) is 0. The molecule has 1 aromatic rings. The molecule has 0 aromatic heterocycles. The van der Waals surface area contributed by atoms with Crippen molar-refractivity contribution in [1.29, 1.82) is 0 Å². The third-order valence-corrected chi connectivity index (χ3v) is 2.93. The largest absolute Gasteiger partial charge is 0.483 e. The Morgan fingerprint density at radius 3 is 2.71 bits per heavy atom. The van der Waals surface area contributed by atoms with Crippen LogP contribution in [0.5, 0.6) is 0 Å². The SMILES string of the molecule is CC1(C)C=CC(=C2C(=O)Nc3ccccc32)O1. The summed E-state index contributed by atoms with van der Waals surface area (Å²) in [6, 6.07) is 7.65. The Balaban J connectivity index is 2.14. The molecular formula is C14H13NO2. The maximum Gasteiger partial charge on any atom is 0.260 e. The summed E-state index contributed by atoms with van der Waals surface area (Å²) in [4.78, 5) is 11.9. The number of carbonyl (C=O) groups is 1. The van der Waals surface area contributed by atoms with E-state index in [0.29, 0.717) is 11.3 Å². The molecule has 0 saturated heterocycles. The summed E-state index contributed by atoms with van der Waals surface area (Å²) in [6.45, 7) is 3.94. The van der Waals surface area contributed by atoms with Crippen LogP contribution >= 0.6 is 0 Å². The highest BCUT2D eigenvalue weighted by Crippen LogP contribution is 2.37. The van der Waals surface area contributed by atoms with Crippen molar-refractivity contribution < 1.29 is 9.53 Å². The fourth-order valence-corrected chi connectivity index (χ4v) is 2.12. The molecule has 2 heterocycles. The first-order chi connectivity index (χ1) is 8.07. The van der Waals surface area contributed by atoms with Crippen LogP contribution < -0.4 is 5.32 Å². The molecule has 1 aromatic carbocycles. The van der Waals surface area contributed by atoms with Gasteiger partial charge < -0.3 is 10.1 Å². The van der Waals surface area contributed by atoms with Crippen LogP contribution in [0.1, 0.15) is 19.4 Å². The number of hydrogen-bond acceptors (Lipinski definition) is 2. The smallest absolute Gasteiger partial charge is 0.260 e. The summed E-state index contributed by atoms with van der Waals surface area (Å²) in [5, 5.41) is 2.84. The van der Waals surface area contributed by atoms with Gasteiger partial charge in [-0.15, -0.1) is 0 Å². The van der Waals surface area contributed by atoms with Gasteiger partial charge in [0, 0.05) is 11.3 Å². The van der Waals surface area contributed by atoms with Gasteiger partial charge in [0.15, 0.2) is 0 Å². The van der Waals surface area contributed by atoms with E-state index in [-0.39, 0.29) is 11.5 Å². The van der Waals surface area contributed by atoms with Crippen LogP contribution in [0.2, 0.25) is 0 Å². The number of benzene rings is 1. The molecule has 2 aliphatic rings. The summed E-state index contributed by atoms with van der Waals surface area (Å²) in [5.41, 5.74) is 2.05. The molecule has 3 rings (SSSR count). The first kappa shape index (κ1) is 10.1. The molecule has 0 fully saturated rings. The van der Waals surface area contributed by atoms with Crippen LogP contribution in [0, 0.1) is 0 Å². The number of fused-ring (bicyclic) bond motifs is 1. The average Bonchev–Trinajstić information content (AvgIpc) is 2.77. The molecule has 0 unspecified atom stereocenters. The van der Waals surface area contributed by atoms with Crippen LogP contribution in [0.4, 0.5) is 5.69 Å². The molecular weight excluding hydrogens is 214 g/mol. The number of anilines is 1. The topological polar surface area (TPSA) is 38.3 Å². The van der Waals surface area contributed by atoms with Gasteiger partial charge in [-0.05, 0) is 32.1 Å². The highest BCUT2D eigenvalue weighted by molar-refractivity contribution is 6.32. The van der Waals surface area contributed by atoms with E-state index in [9.17, 15) is 4.79 Å². The molecule has 1 N–H and O–H groups in total. The molecule has 0 atom stereocenters. The van der Waals surface area contributed by atoms with Gasteiger partial charge in [0.1, 0.15) is 11.4 Å². The van der Waals surface area contributed by atoms with Gasteiger partial charge >= 0.3 is 0 Å². The molecule has 86 valence electrons. The van der Waals surface area contributed by atoms with Crippen LogP contribution in [0.15, 0.2) is 42.2 Å². The quantitative estimate of drug-likeness (QED) is 0.692. The van der Waals surface area contributed by atoms with Crippen molar-refractivity contribution in [3.8, 4) is 0 Å². The highest BCUT2D eigenvalue weighted by Gasteiger charge is 2.32. The lowest BCUT2D eigenvalue weighted by molar-refractivity contribution is -0.111. The van der Waals surface area contributed by atoms with E-state index < -0.39 is 0 Å². The number of para-hydroxylation sites is 1. The highest BCUT2D eigenvalue weighted by atomic mass is 16.5. The Morgan fingerprint density at radius 2 is 2.00 bits per heavy atom. The number of amides is 1. The summed E-state index contributed by atoms with van der Waals surface area (Å²) in [6.07, 6.45) is 3.83. The van der Waals surface area contributed by atoms with Crippen molar-refractivity contribution in [2.75, 3.05) is 5.32 Å². The molecule has 17 heavy (non-hydrogen) atoms. The first-order valence-corrected chi connectivity index (χ1v) is 5.60. The van der Waals surface area contributed by atoms with Crippen LogP contribution in [-0.4, -0.2) is 11.5 Å². The molecule has 0 spiro atoms. The zero-order valence-electron chi connectivity index (χ0n) is 9.78. The van der Waals surface area contributed by atoms with E-state index in [1.165, 1.54) is 0 Å². The number of ether oxygens (including phenoxy) is 1. The maximum atomic E-state index is 11.9. The molecule has 2 aliphatic heterocycles. The van der Waals surface area contributed by atoms with E-state index in [1.807, 2.05) is 50.3 Å². The summed E-state index contributed by atoms with van der Waals surface area (Å²) in [5.74, 6) is 0.556. The predicted molar refractivity (Wildman–Crippen MR) is 66.3 cm³/mol. The second-order valence-corrected chi connectivity index (χ2v) is 4.78. The number of nitrogens with one attached hydrogen (secondary N) is 1. The third-order valence-electron chi connectivity index (χ3n) is 2.93. The van der Waals surface area contributed by atoms with Crippen molar-refractivity contribution in [1.82, 2.24) is 0 Å². The Morgan fingerprint density at radius 1 is 1.24 bits per heavy atom. The van der Waals surface area contributed by atoms with E-state index in [2.05, 4.69) is 5.32 Å². The maximum absolute atomic E-state index is 11.9. The zero-order valence-corrected chi connectivity index (χ0v) is 9.78. The van der Waals surface area contributed by atoms with E-state index in [4.69, 9.17) is 4.74 Å². The summed E-state index contributed by atoms with van der Waals surface area (Å²) >= 11 is 0. The molecule has 3 nitrogen and oxygen atoms in total. The molecule has 0 radical (unpaired) electrons. The van der Waals surface area contributed by atoms with E-state index in [1.54, 1.807) is 0 Å². The van der Waals surface area contributed by atoms with Gasteiger partial charge in [0.25, 0.3) is 5.91 Å². The normalized spacial score (nSPS) is 24.5. The Kier molecular flexibility index (Phi) is 1.93.